The van der Waals surface area contributed by atoms with Crippen molar-refractivity contribution in [1.82, 2.24) is 9.55 Å². The third-order valence-corrected chi connectivity index (χ3v) is 4.37. The van der Waals surface area contributed by atoms with E-state index in [9.17, 15) is 14.4 Å². The van der Waals surface area contributed by atoms with Gasteiger partial charge in [-0.15, -0.1) is 0 Å². The molecule has 0 spiro atoms. The molecule has 0 bridgehead atoms. The fourth-order valence-corrected chi connectivity index (χ4v) is 3.03. The van der Waals surface area contributed by atoms with Crippen LogP contribution in [0.15, 0.2) is 66.8 Å². The van der Waals surface area contributed by atoms with Gasteiger partial charge in [0, 0.05) is 19.2 Å². The van der Waals surface area contributed by atoms with Crippen LogP contribution in [0.4, 0.5) is 5.69 Å². The molecule has 0 atom stereocenters. The number of imide groups is 1. The van der Waals surface area contributed by atoms with E-state index in [0.29, 0.717) is 17.1 Å². The van der Waals surface area contributed by atoms with Crippen LogP contribution >= 0.6 is 0 Å². The number of amides is 2. The van der Waals surface area contributed by atoms with E-state index in [4.69, 9.17) is 0 Å². The van der Waals surface area contributed by atoms with E-state index in [-0.39, 0.29) is 17.6 Å². The van der Waals surface area contributed by atoms with Gasteiger partial charge in [-0.05, 0) is 35.9 Å². The minimum atomic E-state index is -0.378. The monoisotopic (exact) mass is 357 g/mol. The van der Waals surface area contributed by atoms with Gasteiger partial charge in [0.25, 0.3) is 11.8 Å². The molecule has 2 amide bonds. The Kier molecular flexibility index (Phi) is 4.01. The van der Waals surface area contributed by atoms with Crippen LogP contribution in [0.5, 0.6) is 0 Å². The first kappa shape index (κ1) is 16.7. The van der Waals surface area contributed by atoms with Crippen LogP contribution in [0, 0.1) is 0 Å². The van der Waals surface area contributed by atoms with Gasteiger partial charge in [0.1, 0.15) is 0 Å². The van der Waals surface area contributed by atoms with Crippen LogP contribution in [0.25, 0.3) is 17.1 Å². The quantitative estimate of drug-likeness (QED) is 0.409. The number of rotatable bonds is 4. The number of carbonyl (C=O) groups excluding carboxylic acids is 3. The standard InChI is InChI=1S/C21H15N3O3/c1-23-17-8-3-2-7-16(17)22-21(23)18(25)10-9-14-5-4-6-15(13-14)24-19(26)11-12-20(24)27/h2-13H,1H3/b10-9+. The molecule has 27 heavy (non-hydrogen) atoms. The largest absolute Gasteiger partial charge is 0.324 e. The Balaban J connectivity index is 1.60. The fourth-order valence-electron chi connectivity index (χ4n) is 3.03. The van der Waals surface area contributed by atoms with E-state index in [1.807, 2.05) is 24.3 Å². The summed E-state index contributed by atoms with van der Waals surface area (Å²) in [6.45, 7) is 0. The number of anilines is 1. The highest BCUT2D eigenvalue weighted by molar-refractivity contribution is 6.28. The van der Waals surface area contributed by atoms with Crippen molar-refractivity contribution in [3.63, 3.8) is 0 Å². The molecule has 1 aliphatic heterocycles. The van der Waals surface area contributed by atoms with Crippen molar-refractivity contribution < 1.29 is 14.4 Å². The number of carbonyl (C=O) groups is 3. The smallest absolute Gasteiger partial charge is 0.258 e. The molecule has 0 aliphatic carbocycles. The van der Waals surface area contributed by atoms with Crippen LogP contribution in [0.2, 0.25) is 0 Å². The first-order valence-electron chi connectivity index (χ1n) is 8.34. The Labute approximate surface area is 155 Å². The van der Waals surface area contributed by atoms with Crippen LogP contribution in [-0.4, -0.2) is 27.1 Å². The lowest BCUT2D eigenvalue weighted by Gasteiger charge is -2.14. The molecule has 0 unspecified atom stereocenters. The Morgan fingerprint density at radius 2 is 1.74 bits per heavy atom. The average Bonchev–Trinajstić information content (AvgIpc) is 3.19. The van der Waals surface area contributed by atoms with Crippen molar-refractivity contribution in [2.75, 3.05) is 4.90 Å². The van der Waals surface area contributed by atoms with Gasteiger partial charge < -0.3 is 4.57 Å². The summed E-state index contributed by atoms with van der Waals surface area (Å²) >= 11 is 0. The summed E-state index contributed by atoms with van der Waals surface area (Å²) < 4.78 is 1.76. The predicted molar refractivity (Wildman–Crippen MR) is 102 cm³/mol. The molecular weight excluding hydrogens is 342 g/mol. The molecule has 0 fully saturated rings. The van der Waals surface area contributed by atoms with E-state index < -0.39 is 0 Å². The molecule has 6 heteroatoms. The number of nitrogens with zero attached hydrogens (tertiary/aromatic N) is 3. The highest BCUT2D eigenvalue weighted by Crippen LogP contribution is 2.21. The normalized spacial score (nSPS) is 14.0. The van der Waals surface area contributed by atoms with Crippen molar-refractivity contribution >= 4 is 40.4 Å². The Bertz CT molecular complexity index is 1140. The molecule has 6 nitrogen and oxygen atoms in total. The number of allylic oxidation sites excluding steroid dienone is 1. The Morgan fingerprint density at radius 1 is 1.00 bits per heavy atom. The van der Waals surface area contributed by atoms with Crippen molar-refractivity contribution in [1.29, 1.82) is 0 Å². The number of ketones is 1. The van der Waals surface area contributed by atoms with E-state index in [1.165, 1.54) is 18.2 Å². The summed E-state index contributed by atoms with van der Waals surface area (Å²) in [6.07, 6.45) is 5.55. The second kappa shape index (κ2) is 6.49. The van der Waals surface area contributed by atoms with E-state index in [1.54, 1.807) is 42.0 Å². The molecule has 0 saturated carbocycles. The second-order valence-corrected chi connectivity index (χ2v) is 6.12. The third kappa shape index (κ3) is 2.97. The van der Waals surface area contributed by atoms with E-state index in [2.05, 4.69) is 4.98 Å². The Morgan fingerprint density at radius 3 is 2.48 bits per heavy atom. The molecule has 1 aliphatic rings. The lowest BCUT2D eigenvalue weighted by Crippen LogP contribution is -2.29. The zero-order valence-electron chi connectivity index (χ0n) is 14.5. The molecular formula is C21H15N3O3. The molecule has 2 heterocycles. The van der Waals surface area contributed by atoms with Crippen molar-refractivity contribution in [2.24, 2.45) is 7.05 Å². The van der Waals surface area contributed by atoms with Crippen LogP contribution < -0.4 is 4.90 Å². The van der Waals surface area contributed by atoms with Gasteiger partial charge in [-0.1, -0.05) is 30.3 Å². The van der Waals surface area contributed by atoms with Gasteiger partial charge >= 0.3 is 0 Å². The van der Waals surface area contributed by atoms with E-state index in [0.717, 1.165) is 15.9 Å². The number of aryl methyl sites for hydroxylation is 1. The fraction of sp³-hybridized carbons (Fsp3) is 0.0476. The van der Waals surface area contributed by atoms with Gasteiger partial charge in [-0.3, -0.25) is 14.4 Å². The van der Waals surface area contributed by atoms with Gasteiger partial charge in [-0.25, -0.2) is 9.88 Å². The summed E-state index contributed by atoms with van der Waals surface area (Å²) in [5.74, 6) is -0.638. The minimum absolute atomic E-state index is 0.228. The van der Waals surface area contributed by atoms with Gasteiger partial charge in [0.05, 0.1) is 16.7 Å². The number of hydrogen-bond acceptors (Lipinski definition) is 4. The van der Waals surface area contributed by atoms with Crippen LogP contribution in [-0.2, 0) is 16.6 Å². The van der Waals surface area contributed by atoms with Crippen molar-refractivity contribution in [2.45, 2.75) is 0 Å². The molecule has 2 aromatic carbocycles. The van der Waals surface area contributed by atoms with Crippen LogP contribution in [0.1, 0.15) is 16.2 Å². The molecule has 132 valence electrons. The number of imidazole rings is 1. The lowest BCUT2D eigenvalue weighted by atomic mass is 10.1. The topological polar surface area (TPSA) is 72.3 Å². The summed E-state index contributed by atoms with van der Waals surface area (Å²) in [7, 11) is 1.80. The summed E-state index contributed by atoms with van der Waals surface area (Å²) in [5.41, 5.74) is 2.81. The molecule has 0 saturated heterocycles. The Hall–Kier alpha value is -3.80. The number of fused-ring (bicyclic) bond motifs is 1. The van der Waals surface area contributed by atoms with Crippen molar-refractivity contribution in [3.8, 4) is 0 Å². The first-order valence-corrected chi connectivity index (χ1v) is 8.34. The van der Waals surface area contributed by atoms with Gasteiger partial charge in [0.15, 0.2) is 5.82 Å². The maximum absolute atomic E-state index is 12.6. The average molecular weight is 357 g/mol. The first-order chi connectivity index (χ1) is 13.0. The van der Waals surface area contributed by atoms with Crippen molar-refractivity contribution in [3.05, 3.63) is 78.1 Å². The zero-order valence-corrected chi connectivity index (χ0v) is 14.5. The highest BCUT2D eigenvalue weighted by atomic mass is 16.2. The van der Waals surface area contributed by atoms with E-state index >= 15 is 0 Å². The molecule has 0 N–H and O–H groups in total. The third-order valence-electron chi connectivity index (χ3n) is 4.37. The minimum Gasteiger partial charge on any atom is -0.324 e. The molecule has 1 aromatic heterocycles. The number of benzene rings is 2. The maximum Gasteiger partial charge on any atom is 0.258 e. The number of para-hydroxylation sites is 2. The molecule has 3 aromatic rings. The van der Waals surface area contributed by atoms with Gasteiger partial charge in [0.2, 0.25) is 5.78 Å². The predicted octanol–water partition coefficient (Wildman–Crippen LogP) is 2.90. The SMILES string of the molecule is Cn1c(C(=O)/C=C/c2cccc(N3C(=O)C=CC3=O)c2)nc2ccccc21. The lowest BCUT2D eigenvalue weighted by molar-refractivity contribution is -0.119. The number of aromatic nitrogens is 2. The summed E-state index contributed by atoms with van der Waals surface area (Å²) in [6, 6.07) is 14.4. The van der Waals surface area contributed by atoms with Gasteiger partial charge in [-0.2, -0.15) is 0 Å². The summed E-state index contributed by atoms with van der Waals surface area (Å²) in [5, 5.41) is 0. The second-order valence-electron chi connectivity index (χ2n) is 6.12. The summed E-state index contributed by atoms with van der Waals surface area (Å²) in [4.78, 5) is 41.6. The highest BCUT2D eigenvalue weighted by Gasteiger charge is 2.24. The molecule has 4 rings (SSSR count). The maximum atomic E-state index is 12.6. The zero-order chi connectivity index (χ0) is 19.0. The number of hydrogen-bond donors (Lipinski definition) is 0. The molecule has 0 radical (unpaired) electrons. The van der Waals surface area contributed by atoms with Crippen LogP contribution in [0.3, 0.4) is 0 Å².